The number of carbonyl (C=O) groups is 3. The molecule has 1 saturated heterocycles. The van der Waals surface area contributed by atoms with Crippen LogP contribution in [0.15, 0.2) is 12.1 Å². The van der Waals surface area contributed by atoms with Crippen molar-refractivity contribution in [2.45, 2.75) is 44.3 Å². The maximum atomic E-state index is 12.6. The lowest BCUT2D eigenvalue weighted by atomic mass is 10.0. The number of imide groups is 1. The molecule has 1 aliphatic carbocycles. The second-order valence-electron chi connectivity index (χ2n) is 6.35. The number of nitrogens with one attached hydrogen (secondary N) is 1. The Balaban J connectivity index is 1.63. The molecule has 2 aliphatic heterocycles. The van der Waals surface area contributed by atoms with Crippen LogP contribution in [-0.2, 0) is 29.0 Å². The van der Waals surface area contributed by atoms with E-state index in [1.54, 1.807) is 4.90 Å². The minimum Gasteiger partial charge on any atom is -0.327 e. The number of rotatable bonds is 1. The Morgan fingerprint density at radius 2 is 1.82 bits per heavy atom. The van der Waals surface area contributed by atoms with Crippen LogP contribution in [-0.4, -0.2) is 34.7 Å². The summed E-state index contributed by atoms with van der Waals surface area (Å²) in [7, 11) is 0. The number of nitrogens with zero attached hydrogens (tertiary/aromatic N) is 1. The van der Waals surface area contributed by atoms with Crippen LogP contribution in [0.25, 0.3) is 0 Å². The molecule has 6 nitrogen and oxygen atoms in total. The zero-order valence-corrected chi connectivity index (χ0v) is 12.1. The summed E-state index contributed by atoms with van der Waals surface area (Å²) in [6.45, 7) is 0.433. The van der Waals surface area contributed by atoms with E-state index in [9.17, 15) is 14.4 Å². The summed E-state index contributed by atoms with van der Waals surface area (Å²) >= 11 is 0. The van der Waals surface area contributed by atoms with Crippen LogP contribution < -0.4 is 11.1 Å². The van der Waals surface area contributed by atoms with Crippen LogP contribution in [0, 0.1) is 0 Å². The normalized spacial score (nSPS) is 27.0. The first-order chi connectivity index (χ1) is 10.5. The predicted octanol–water partition coefficient (Wildman–Crippen LogP) is -0.127. The lowest BCUT2D eigenvalue weighted by Gasteiger charge is -2.29. The molecule has 0 spiro atoms. The standard InChI is InChI=1S/C16H17N3O3/c17-11-4-8-3-10-7-19(13-1-2-14(20)18-15(13)21)16(22)12(10)6-9(8)5-11/h3,6,11,13H,1-2,4-5,7,17H2,(H,18,20,21). The Bertz CT molecular complexity index is 713. The summed E-state index contributed by atoms with van der Waals surface area (Å²) in [4.78, 5) is 37.5. The molecule has 2 unspecified atom stereocenters. The first-order valence-corrected chi connectivity index (χ1v) is 7.58. The fourth-order valence-corrected chi connectivity index (χ4v) is 3.73. The number of benzene rings is 1. The van der Waals surface area contributed by atoms with Gasteiger partial charge in [0.15, 0.2) is 0 Å². The minimum absolute atomic E-state index is 0.118. The highest BCUT2D eigenvalue weighted by atomic mass is 16.2. The molecule has 3 amide bonds. The Hall–Kier alpha value is -2.21. The van der Waals surface area contributed by atoms with E-state index in [4.69, 9.17) is 5.73 Å². The van der Waals surface area contributed by atoms with E-state index >= 15 is 0 Å². The van der Waals surface area contributed by atoms with Gasteiger partial charge in [-0.25, -0.2) is 0 Å². The van der Waals surface area contributed by atoms with Crippen molar-refractivity contribution in [2.24, 2.45) is 5.73 Å². The van der Waals surface area contributed by atoms with Crippen molar-refractivity contribution in [2.75, 3.05) is 0 Å². The minimum atomic E-state index is -0.547. The van der Waals surface area contributed by atoms with Gasteiger partial charge in [0, 0.05) is 24.6 Å². The predicted molar refractivity (Wildman–Crippen MR) is 77.9 cm³/mol. The van der Waals surface area contributed by atoms with Gasteiger partial charge in [-0.1, -0.05) is 6.07 Å². The van der Waals surface area contributed by atoms with Gasteiger partial charge < -0.3 is 10.6 Å². The third kappa shape index (κ3) is 1.94. The maximum Gasteiger partial charge on any atom is 0.255 e. The zero-order chi connectivity index (χ0) is 15.4. The molecule has 114 valence electrons. The van der Waals surface area contributed by atoms with Gasteiger partial charge >= 0.3 is 0 Å². The fourth-order valence-electron chi connectivity index (χ4n) is 3.73. The van der Waals surface area contributed by atoms with Gasteiger partial charge in [0.2, 0.25) is 11.8 Å². The Kier molecular flexibility index (Phi) is 2.84. The largest absolute Gasteiger partial charge is 0.327 e. The van der Waals surface area contributed by atoms with Crippen LogP contribution in [0.4, 0.5) is 0 Å². The summed E-state index contributed by atoms with van der Waals surface area (Å²) in [6, 6.07) is 3.58. The Morgan fingerprint density at radius 3 is 2.55 bits per heavy atom. The van der Waals surface area contributed by atoms with Gasteiger partial charge in [0.25, 0.3) is 5.91 Å². The van der Waals surface area contributed by atoms with Crippen molar-refractivity contribution in [1.29, 1.82) is 0 Å². The van der Waals surface area contributed by atoms with Crippen molar-refractivity contribution in [3.05, 3.63) is 34.4 Å². The summed E-state index contributed by atoms with van der Waals surface area (Å²) in [5.41, 5.74) is 9.97. The van der Waals surface area contributed by atoms with Crippen LogP contribution in [0.3, 0.4) is 0 Å². The molecule has 6 heteroatoms. The lowest BCUT2D eigenvalue weighted by Crippen LogP contribution is -2.52. The van der Waals surface area contributed by atoms with E-state index in [0.29, 0.717) is 18.5 Å². The molecule has 4 rings (SSSR count). The van der Waals surface area contributed by atoms with E-state index in [2.05, 4.69) is 11.4 Å². The molecule has 0 aromatic heterocycles. The van der Waals surface area contributed by atoms with Crippen molar-refractivity contribution >= 4 is 17.7 Å². The van der Waals surface area contributed by atoms with Gasteiger partial charge in [0.1, 0.15) is 6.04 Å². The van der Waals surface area contributed by atoms with Crippen LogP contribution in [0.1, 0.15) is 39.9 Å². The maximum absolute atomic E-state index is 12.6. The molecular formula is C16H17N3O3. The van der Waals surface area contributed by atoms with Crippen molar-refractivity contribution in [1.82, 2.24) is 10.2 Å². The number of piperidine rings is 1. The number of carbonyl (C=O) groups excluding carboxylic acids is 3. The quantitative estimate of drug-likeness (QED) is 0.707. The lowest BCUT2D eigenvalue weighted by molar-refractivity contribution is -0.136. The Morgan fingerprint density at radius 1 is 1.09 bits per heavy atom. The Labute approximate surface area is 127 Å². The SMILES string of the molecule is NC1Cc2cc3c(cc2C1)C(=O)N(C1CCC(=O)NC1=O)C3. The molecule has 1 aromatic rings. The molecule has 0 bridgehead atoms. The van der Waals surface area contributed by atoms with Gasteiger partial charge in [-0.05, 0) is 42.0 Å². The third-order valence-electron chi connectivity index (χ3n) is 4.81. The molecule has 22 heavy (non-hydrogen) atoms. The van der Waals surface area contributed by atoms with Gasteiger partial charge in [-0.2, -0.15) is 0 Å². The number of fused-ring (bicyclic) bond motifs is 2. The molecule has 2 heterocycles. The van der Waals surface area contributed by atoms with Crippen molar-refractivity contribution in [3.8, 4) is 0 Å². The van der Waals surface area contributed by atoms with Crippen LogP contribution >= 0.6 is 0 Å². The summed E-state index contributed by atoms with van der Waals surface area (Å²) < 4.78 is 0. The highest BCUT2D eigenvalue weighted by Gasteiger charge is 2.39. The summed E-state index contributed by atoms with van der Waals surface area (Å²) in [5.74, 6) is -0.752. The number of hydrogen-bond acceptors (Lipinski definition) is 4. The summed E-state index contributed by atoms with van der Waals surface area (Å²) in [5, 5.41) is 2.32. The first-order valence-electron chi connectivity index (χ1n) is 7.58. The van der Waals surface area contributed by atoms with E-state index < -0.39 is 6.04 Å². The fraction of sp³-hybridized carbons (Fsp3) is 0.438. The van der Waals surface area contributed by atoms with Gasteiger partial charge in [-0.3, -0.25) is 19.7 Å². The second kappa shape index (κ2) is 4.64. The van der Waals surface area contributed by atoms with Crippen LogP contribution in [0.2, 0.25) is 0 Å². The molecule has 0 radical (unpaired) electrons. The van der Waals surface area contributed by atoms with Crippen LogP contribution in [0.5, 0.6) is 0 Å². The highest BCUT2D eigenvalue weighted by Crippen LogP contribution is 2.32. The second-order valence-corrected chi connectivity index (χ2v) is 6.35. The molecule has 0 saturated carbocycles. The van der Waals surface area contributed by atoms with Gasteiger partial charge in [-0.15, -0.1) is 0 Å². The van der Waals surface area contributed by atoms with E-state index in [1.165, 1.54) is 5.56 Å². The molecule has 1 fully saturated rings. The number of nitrogens with two attached hydrogens (primary N) is 1. The van der Waals surface area contributed by atoms with E-state index in [0.717, 1.165) is 24.0 Å². The monoisotopic (exact) mass is 299 g/mol. The van der Waals surface area contributed by atoms with E-state index in [-0.39, 0.29) is 30.2 Å². The molecule has 3 aliphatic rings. The highest BCUT2D eigenvalue weighted by molar-refractivity contribution is 6.05. The van der Waals surface area contributed by atoms with Crippen molar-refractivity contribution in [3.63, 3.8) is 0 Å². The molecule has 2 atom stereocenters. The average Bonchev–Trinajstić information content (AvgIpc) is 2.96. The third-order valence-corrected chi connectivity index (χ3v) is 4.81. The number of amides is 3. The topological polar surface area (TPSA) is 92.5 Å². The molecule has 3 N–H and O–H groups in total. The average molecular weight is 299 g/mol. The van der Waals surface area contributed by atoms with Crippen molar-refractivity contribution < 1.29 is 14.4 Å². The molecule has 1 aromatic carbocycles. The zero-order valence-electron chi connectivity index (χ0n) is 12.1. The number of hydrogen-bond donors (Lipinski definition) is 2. The summed E-state index contributed by atoms with van der Waals surface area (Å²) in [6.07, 6.45) is 2.32. The van der Waals surface area contributed by atoms with Gasteiger partial charge in [0.05, 0.1) is 0 Å². The molecular weight excluding hydrogens is 282 g/mol. The first kappa shape index (κ1) is 13.5. The smallest absolute Gasteiger partial charge is 0.255 e. The van der Waals surface area contributed by atoms with E-state index in [1.807, 2.05) is 6.07 Å².